The summed E-state index contributed by atoms with van der Waals surface area (Å²) in [6, 6.07) is 0. The van der Waals surface area contributed by atoms with Crippen molar-refractivity contribution in [2.75, 3.05) is 0 Å². The molecular formula is C7H12O2SSi. The molecule has 4 heteroatoms. The molecule has 11 heavy (non-hydrogen) atoms. The zero-order valence-electron chi connectivity index (χ0n) is 6.79. The van der Waals surface area contributed by atoms with E-state index in [2.05, 4.69) is 4.43 Å². The average Bonchev–Trinajstić information content (AvgIpc) is 1.97. The van der Waals surface area contributed by atoms with E-state index in [1.807, 2.05) is 6.92 Å². The molecule has 0 fully saturated rings. The SMILES string of the molecule is CC(=S)CCC=CC(=O)O[SiH3]. The smallest absolute Gasteiger partial charge is 0.316 e. The second kappa shape index (κ2) is 6.24. The molecule has 0 unspecified atom stereocenters. The van der Waals surface area contributed by atoms with Gasteiger partial charge in [-0.1, -0.05) is 18.3 Å². The van der Waals surface area contributed by atoms with Crippen LogP contribution in [0.5, 0.6) is 0 Å². The third-order valence-corrected chi connectivity index (χ3v) is 1.72. The van der Waals surface area contributed by atoms with Gasteiger partial charge in [-0.15, -0.1) is 0 Å². The fourth-order valence-electron chi connectivity index (χ4n) is 0.534. The van der Waals surface area contributed by atoms with Gasteiger partial charge in [0.1, 0.15) is 0 Å². The average molecular weight is 188 g/mol. The first-order valence-corrected chi connectivity index (χ1v) is 4.63. The zero-order valence-corrected chi connectivity index (χ0v) is 9.61. The molecule has 0 amide bonds. The molecule has 0 radical (unpaired) electrons. The third-order valence-electron chi connectivity index (χ3n) is 1.12. The van der Waals surface area contributed by atoms with Gasteiger partial charge in [0.2, 0.25) is 10.5 Å². The Balaban J connectivity index is 3.45. The summed E-state index contributed by atoms with van der Waals surface area (Å²) < 4.78 is 4.54. The van der Waals surface area contributed by atoms with Crippen LogP contribution >= 0.6 is 12.2 Å². The van der Waals surface area contributed by atoms with Crippen molar-refractivity contribution < 1.29 is 9.22 Å². The molecular weight excluding hydrogens is 176 g/mol. The molecule has 0 atom stereocenters. The number of rotatable bonds is 4. The number of allylic oxidation sites excluding steroid dienone is 1. The van der Waals surface area contributed by atoms with Crippen LogP contribution in [-0.2, 0) is 9.22 Å². The van der Waals surface area contributed by atoms with E-state index in [9.17, 15) is 4.79 Å². The number of carbonyl (C=O) groups is 1. The lowest BCUT2D eigenvalue weighted by atomic mass is 10.2. The minimum Gasteiger partial charge on any atom is -0.526 e. The molecule has 0 aliphatic carbocycles. The zero-order chi connectivity index (χ0) is 8.69. The van der Waals surface area contributed by atoms with Crippen LogP contribution < -0.4 is 0 Å². The van der Waals surface area contributed by atoms with Gasteiger partial charge in [0.25, 0.3) is 0 Å². The Labute approximate surface area is 75.2 Å². The quantitative estimate of drug-likeness (QED) is 0.366. The lowest BCUT2D eigenvalue weighted by Gasteiger charge is -1.91. The van der Waals surface area contributed by atoms with Gasteiger partial charge in [0.15, 0.2) is 0 Å². The Bertz CT molecular complexity index is 177. The van der Waals surface area contributed by atoms with Crippen LogP contribution in [0.25, 0.3) is 0 Å². The molecule has 2 nitrogen and oxygen atoms in total. The summed E-state index contributed by atoms with van der Waals surface area (Å²) in [7, 11) is 0.461. The maximum atomic E-state index is 10.5. The summed E-state index contributed by atoms with van der Waals surface area (Å²) >= 11 is 4.86. The standard InChI is InChI=1S/C7H12O2SSi/c1-6(10)4-2-3-5-7(8)9-11/h3,5H,2,4H2,1,11H3. The number of hydrogen-bond acceptors (Lipinski definition) is 3. The van der Waals surface area contributed by atoms with Gasteiger partial charge in [-0.05, 0) is 24.6 Å². The van der Waals surface area contributed by atoms with E-state index < -0.39 is 0 Å². The van der Waals surface area contributed by atoms with Crippen LogP contribution in [0.2, 0.25) is 0 Å². The highest BCUT2D eigenvalue weighted by atomic mass is 32.1. The highest BCUT2D eigenvalue weighted by molar-refractivity contribution is 7.80. The lowest BCUT2D eigenvalue weighted by molar-refractivity contribution is -0.128. The van der Waals surface area contributed by atoms with E-state index in [1.165, 1.54) is 6.08 Å². The summed E-state index contributed by atoms with van der Waals surface area (Å²) in [4.78, 5) is 11.5. The molecule has 0 heterocycles. The summed E-state index contributed by atoms with van der Waals surface area (Å²) in [5.74, 6) is -0.251. The third kappa shape index (κ3) is 7.41. The normalized spacial score (nSPS) is 10.3. The Morgan fingerprint density at radius 3 is 2.82 bits per heavy atom. The molecule has 62 valence electrons. The van der Waals surface area contributed by atoms with E-state index >= 15 is 0 Å². The first-order valence-electron chi connectivity index (χ1n) is 3.40. The van der Waals surface area contributed by atoms with Crippen LogP contribution in [0.1, 0.15) is 19.8 Å². The van der Waals surface area contributed by atoms with Crippen molar-refractivity contribution in [2.24, 2.45) is 0 Å². The summed E-state index contributed by atoms with van der Waals surface area (Å²) in [5, 5.41) is 0. The van der Waals surface area contributed by atoms with Crippen molar-refractivity contribution in [3.63, 3.8) is 0 Å². The van der Waals surface area contributed by atoms with Gasteiger partial charge in [-0.3, -0.25) is 0 Å². The van der Waals surface area contributed by atoms with E-state index in [-0.39, 0.29) is 5.97 Å². The molecule has 0 bridgehead atoms. The Kier molecular flexibility index (Phi) is 5.97. The number of thiocarbonyl (C=S) groups is 1. The van der Waals surface area contributed by atoms with E-state index in [0.29, 0.717) is 10.5 Å². The predicted molar refractivity (Wildman–Crippen MR) is 52.7 cm³/mol. The molecule has 0 saturated carbocycles. The maximum Gasteiger partial charge on any atom is 0.316 e. The van der Waals surface area contributed by atoms with Gasteiger partial charge in [-0.25, -0.2) is 4.79 Å². The first kappa shape index (κ1) is 10.5. The van der Waals surface area contributed by atoms with Crippen molar-refractivity contribution in [3.8, 4) is 0 Å². The molecule has 0 aliphatic heterocycles. The molecule has 0 aromatic rings. The highest BCUT2D eigenvalue weighted by Gasteiger charge is 1.89. The number of carbonyl (C=O) groups excluding carboxylic acids is 1. The van der Waals surface area contributed by atoms with Gasteiger partial charge < -0.3 is 4.43 Å². The van der Waals surface area contributed by atoms with Gasteiger partial charge >= 0.3 is 5.97 Å². The molecule has 0 spiro atoms. The van der Waals surface area contributed by atoms with Crippen molar-refractivity contribution in [3.05, 3.63) is 12.2 Å². The molecule has 0 rings (SSSR count). The second-order valence-electron chi connectivity index (χ2n) is 2.17. The molecule has 0 aromatic carbocycles. The molecule has 0 saturated heterocycles. The maximum absolute atomic E-state index is 10.5. The Morgan fingerprint density at radius 2 is 2.36 bits per heavy atom. The fraction of sp³-hybridized carbons (Fsp3) is 0.429. The van der Waals surface area contributed by atoms with Crippen LogP contribution in [0.4, 0.5) is 0 Å². The molecule has 0 N–H and O–H groups in total. The van der Waals surface area contributed by atoms with Crippen molar-refractivity contribution in [1.82, 2.24) is 0 Å². The summed E-state index contributed by atoms with van der Waals surface area (Å²) in [6.07, 6.45) is 4.92. The minimum absolute atomic E-state index is 0.251. The van der Waals surface area contributed by atoms with Gasteiger partial charge in [0.05, 0.1) is 0 Å². The van der Waals surface area contributed by atoms with E-state index in [1.54, 1.807) is 6.08 Å². The molecule has 0 aromatic heterocycles. The highest BCUT2D eigenvalue weighted by Crippen LogP contribution is 1.94. The topological polar surface area (TPSA) is 26.3 Å². The summed E-state index contributed by atoms with van der Waals surface area (Å²) in [5.41, 5.74) is 0. The molecule has 0 aliphatic rings. The monoisotopic (exact) mass is 188 g/mol. The summed E-state index contributed by atoms with van der Waals surface area (Å²) in [6.45, 7) is 1.90. The minimum atomic E-state index is -0.251. The van der Waals surface area contributed by atoms with Crippen LogP contribution in [0.3, 0.4) is 0 Å². The van der Waals surface area contributed by atoms with Crippen LogP contribution in [-0.4, -0.2) is 21.3 Å². The Morgan fingerprint density at radius 1 is 1.73 bits per heavy atom. The van der Waals surface area contributed by atoms with Crippen molar-refractivity contribution in [2.45, 2.75) is 19.8 Å². The first-order chi connectivity index (χ1) is 5.16. The largest absolute Gasteiger partial charge is 0.526 e. The lowest BCUT2D eigenvalue weighted by Crippen LogP contribution is -1.95. The Hall–Kier alpha value is -0.483. The van der Waals surface area contributed by atoms with E-state index in [4.69, 9.17) is 12.2 Å². The number of hydrogen-bond donors (Lipinski definition) is 0. The van der Waals surface area contributed by atoms with Gasteiger partial charge in [0, 0.05) is 6.08 Å². The predicted octanol–water partition coefficient (Wildman–Crippen LogP) is 0.536. The van der Waals surface area contributed by atoms with Crippen LogP contribution in [0.15, 0.2) is 12.2 Å². The van der Waals surface area contributed by atoms with Crippen molar-refractivity contribution in [1.29, 1.82) is 0 Å². The van der Waals surface area contributed by atoms with E-state index in [0.717, 1.165) is 17.7 Å². The van der Waals surface area contributed by atoms with Crippen molar-refractivity contribution >= 4 is 33.5 Å². The fourth-order valence-corrected chi connectivity index (χ4v) is 0.788. The second-order valence-corrected chi connectivity index (χ2v) is 3.27. The van der Waals surface area contributed by atoms with Crippen LogP contribution in [0, 0.1) is 0 Å². The van der Waals surface area contributed by atoms with Gasteiger partial charge in [-0.2, -0.15) is 0 Å².